The van der Waals surface area contributed by atoms with E-state index in [0.29, 0.717) is 26.4 Å². The van der Waals surface area contributed by atoms with Crippen molar-refractivity contribution in [2.75, 3.05) is 135 Å². The number of fused-ring (bicyclic) bond motifs is 16. The van der Waals surface area contributed by atoms with Gasteiger partial charge in [0.1, 0.15) is 23.0 Å². The first-order chi connectivity index (χ1) is 51.7. The first-order valence-electron chi connectivity index (χ1n) is 36.2. The molecule has 14 rings (SSSR count). The van der Waals surface area contributed by atoms with Crippen molar-refractivity contribution in [1.82, 2.24) is 49.7 Å². The summed E-state index contributed by atoms with van der Waals surface area (Å²) < 4.78 is 29.8. The summed E-state index contributed by atoms with van der Waals surface area (Å²) >= 11 is 2.15. The Morgan fingerprint density at radius 1 is 0.360 bits per heavy atom. The Morgan fingerprint density at radius 3 is 0.820 bits per heavy atom. The van der Waals surface area contributed by atoms with Gasteiger partial charge in [-0.05, 0) is 197 Å². The zero-order valence-electron chi connectivity index (χ0n) is 65.8. The standard InChI is InChI=1S/C44H48N6O2.C42H42N6O2.CH3I.CH4NP.2HI.2Zn/c1-49(2,3)23-9-25-51-37-13-7-11-31(27-37)43-39-19-15-33(45-39)29-35-17-21-41(47-35)44(42-22-18-36(48-42)30-34-16-20-40(43)46-34)32-12-8-14-38(28-32)52-26-10-24-50(4,5)6;1-47(2)21-7-23-49-35-11-5-9-29(25-35)41-37-17-13-31(43-37)27-33-15-19-39(45-33)42(30-10-6-12-36(26-30)50-24-8-22-48(3)4)40-20-16-34(46-40)28-32-14-18-38(41)44-32;1-2;1-2-3;;;;/h7-8,11-22,27-30H,9-10,23-26H2,1-6H3;5-6,9-20,25-28H,7-8,21-24H2,1-4H3;1H3;3H,1H3;2*1H;;/q;-2;;;;;;/p-2. The number of quaternary nitrogens is 2. The zero-order chi connectivity index (χ0) is 75.5. The van der Waals surface area contributed by atoms with Crippen LogP contribution in [0, 0.1) is 0 Å². The average Bonchev–Trinajstić information content (AvgIpc) is 1.67. The Labute approximate surface area is 730 Å². The van der Waals surface area contributed by atoms with Crippen LogP contribution in [0.4, 0.5) is 0 Å². The van der Waals surface area contributed by atoms with E-state index in [2.05, 4.69) is 214 Å². The number of benzene rings is 4. The molecule has 0 N–H and O–H groups in total. The van der Waals surface area contributed by atoms with Crippen LogP contribution in [0.3, 0.4) is 0 Å². The van der Waals surface area contributed by atoms with Crippen molar-refractivity contribution in [2.45, 2.75) is 25.7 Å². The van der Waals surface area contributed by atoms with Crippen LogP contribution in [0.15, 0.2) is 175 Å². The Kier molecular flexibility index (Phi) is 35.8. The summed E-state index contributed by atoms with van der Waals surface area (Å²) in [6, 6.07) is 57.3. The third-order valence-electron chi connectivity index (χ3n) is 17.5. The molecule has 4 aliphatic rings. The topological polar surface area (TPSA) is 164 Å². The van der Waals surface area contributed by atoms with Gasteiger partial charge in [0.15, 0.2) is 0 Å². The first kappa shape index (κ1) is 90.8. The van der Waals surface area contributed by atoms with Crippen LogP contribution in [0.5, 0.6) is 23.0 Å². The fourth-order valence-electron chi connectivity index (χ4n) is 12.7. The van der Waals surface area contributed by atoms with E-state index in [9.17, 15) is 0 Å². The maximum Gasteiger partial charge on any atom is 0.119 e. The van der Waals surface area contributed by atoms with Gasteiger partial charge >= 0.3 is 0 Å². The van der Waals surface area contributed by atoms with Crippen LogP contribution in [0.25, 0.3) is 137 Å². The van der Waals surface area contributed by atoms with E-state index in [1.54, 1.807) is 7.05 Å². The summed E-state index contributed by atoms with van der Waals surface area (Å²) in [5.74, 6) is 3.32. The second-order valence-corrected chi connectivity index (χ2v) is 29.3. The predicted octanol–water partition coefficient (Wildman–Crippen LogP) is 12.1. The summed E-state index contributed by atoms with van der Waals surface area (Å²) in [6.45, 7) is 6.66. The number of aromatic nitrogens is 8. The molecule has 0 amide bonds. The maximum absolute atomic E-state index is 6.21. The van der Waals surface area contributed by atoms with Gasteiger partial charge in [-0.25, -0.2) is 19.9 Å². The van der Waals surface area contributed by atoms with Crippen LogP contribution in [0.1, 0.15) is 71.2 Å². The number of hydrogen-bond acceptors (Lipinski definition) is 11. The maximum atomic E-state index is 6.21. The van der Waals surface area contributed by atoms with E-state index in [1.807, 2.05) is 126 Å². The van der Waals surface area contributed by atoms with Crippen LogP contribution >= 0.6 is 31.6 Å². The summed E-state index contributed by atoms with van der Waals surface area (Å²) in [5.41, 5.74) is 21.1. The van der Waals surface area contributed by atoms with Gasteiger partial charge in [-0.3, -0.25) is 4.74 Å². The molecule has 0 spiro atoms. The molecule has 6 aromatic heterocycles. The molecule has 0 saturated carbocycles. The summed E-state index contributed by atoms with van der Waals surface area (Å²) in [4.78, 5) is 46.9. The molecule has 0 unspecified atom stereocenters. The molecule has 0 fully saturated rings. The zero-order valence-corrected chi connectivity index (χ0v) is 79.2. The quantitative estimate of drug-likeness (QED) is 0.0140. The first-order valence-corrected chi connectivity index (χ1v) is 38.8. The Balaban J connectivity index is 0.000000282. The van der Waals surface area contributed by atoms with E-state index < -0.39 is 0 Å². The van der Waals surface area contributed by atoms with Crippen LogP contribution in [-0.2, 0) is 39.0 Å². The molecule has 572 valence electrons. The minimum Gasteiger partial charge on any atom is -1.00 e. The molecule has 0 saturated heterocycles. The van der Waals surface area contributed by atoms with Crippen molar-refractivity contribution in [3.63, 3.8) is 0 Å². The van der Waals surface area contributed by atoms with Crippen molar-refractivity contribution in [2.24, 2.45) is 4.74 Å². The molecule has 4 aliphatic heterocycles. The number of alkyl halides is 1. The van der Waals surface area contributed by atoms with E-state index in [4.69, 9.17) is 58.8 Å². The number of nitrogens with zero attached hydrogens (tertiary/aromatic N) is 13. The van der Waals surface area contributed by atoms with Gasteiger partial charge in [0.05, 0.1) is 127 Å². The number of ether oxygens (including phenoxy) is 4. The molecule has 0 aliphatic carbocycles. The molecular formula is C88H97I3N13O4PZn2-4. The van der Waals surface area contributed by atoms with Gasteiger partial charge in [-0.1, -0.05) is 144 Å². The van der Waals surface area contributed by atoms with Crippen LogP contribution in [0.2, 0.25) is 0 Å². The van der Waals surface area contributed by atoms with Gasteiger partial charge in [-0.15, -0.1) is 44.1 Å². The molecular weight excluding hydrogens is 1850 g/mol. The third kappa shape index (κ3) is 26.4. The molecule has 111 heavy (non-hydrogen) atoms. The fourth-order valence-corrected chi connectivity index (χ4v) is 12.7. The van der Waals surface area contributed by atoms with Crippen LogP contribution in [-0.4, -0.2) is 174 Å². The SMILES string of the molecule is CI.CN(C)CCCOc1cccc(-c2c3nc(cc4ccc([n-]4)c(-c4cccc(OCCCN(C)C)c4)c4nc(cc5ccc2[n-]5)C=C4)C=C3)c1.CN=P.C[N+](C)(C)CCCOc1cccc(-c2c3nc(cc4ccc([n-]4)c(-c4cccc(OCCC[N+](C)(C)C)c4)c4nc(cc5ccc2[n-]5)C=C4)C=C3)c1.[I-].[I-].[Zn].[Zn]. The van der Waals surface area contributed by atoms with Gasteiger partial charge in [-0.2, -0.15) is 0 Å². The summed E-state index contributed by atoms with van der Waals surface area (Å²) in [7, 11) is 26.0. The largest absolute Gasteiger partial charge is 1.00 e. The summed E-state index contributed by atoms with van der Waals surface area (Å²) in [5, 5.41) is 0. The van der Waals surface area contributed by atoms with Gasteiger partial charge in [0, 0.05) is 71.9 Å². The number of halogens is 3. The summed E-state index contributed by atoms with van der Waals surface area (Å²) in [6.07, 6.45) is 20.2. The monoisotopic (exact) mass is 1940 g/mol. The second kappa shape index (κ2) is 43.8. The Hall–Kier alpha value is -7.34. The van der Waals surface area contributed by atoms with Crippen LogP contribution < -0.4 is 86.8 Å². The molecule has 23 heteroatoms. The average molecular weight is 1940 g/mol. The van der Waals surface area contributed by atoms with E-state index in [0.717, 1.165) is 218 Å². The molecule has 0 atom stereocenters. The third-order valence-corrected chi connectivity index (χ3v) is 17.5. The van der Waals surface area contributed by atoms with E-state index in [-0.39, 0.29) is 86.9 Å². The van der Waals surface area contributed by atoms with Gasteiger partial charge < -0.3 is 106 Å². The molecule has 17 nitrogen and oxygen atoms in total. The minimum atomic E-state index is 0. The fraction of sp³-hybridized carbons (Fsp3) is 0.273. The minimum absolute atomic E-state index is 0. The second-order valence-electron chi connectivity index (χ2n) is 28.9. The van der Waals surface area contributed by atoms with Crippen molar-refractivity contribution in [3.05, 3.63) is 215 Å². The van der Waals surface area contributed by atoms with E-state index in [1.165, 1.54) is 0 Å². The van der Waals surface area contributed by atoms with Gasteiger partial charge in [0.2, 0.25) is 0 Å². The molecule has 4 aromatic carbocycles. The number of rotatable bonds is 24. The molecule has 0 radical (unpaired) electrons. The molecule has 10 aromatic rings. The van der Waals surface area contributed by atoms with Crippen molar-refractivity contribution in [1.29, 1.82) is 0 Å². The Morgan fingerprint density at radius 2 is 0.595 bits per heavy atom. The Bertz CT molecular complexity index is 4930. The molecule has 16 bridgehead atoms. The molecule has 10 heterocycles. The number of hydrogen-bond donors (Lipinski definition) is 0. The normalized spacial score (nSPS) is 11.7. The smallest absolute Gasteiger partial charge is 0.119 e. The van der Waals surface area contributed by atoms with Crippen molar-refractivity contribution < 1.29 is 115 Å². The van der Waals surface area contributed by atoms with Crippen molar-refractivity contribution in [3.8, 4) is 67.5 Å². The van der Waals surface area contributed by atoms with E-state index >= 15 is 0 Å². The van der Waals surface area contributed by atoms with Gasteiger partial charge in [0.25, 0.3) is 0 Å². The predicted molar refractivity (Wildman–Crippen MR) is 455 cm³/mol. The van der Waals surface area contributed by atoms with Crippen molar-refractivity contribution >= 4 is 124 Å².